The maximum Gasteiger partial charge on any atom is 0.105 e. The highest BCUT2D eigenvalue weighted by Crippen LogP contribution is 1.72. The molecule has 0 spiro atoms. The monoisotopic (exact) mass is 176 g/mol. The third kappa shape index (κ3) is 22.8. The number of aliphatic hydroxyl groups is 1. The molecule has 0 aliphatic carbocycles. The van der Waals surface area contributed by atoms with Crippen molar-refractivity contribution in [3.8, 4) is 0 Å². The zero-order valence-electron chi connectivity index (χ0n) is 7.11. The zero-order valence-corrected chi connectivity index (χ0v) is 7.11. The first-order valence-corrected chi connectivity index (χ1v) is 3.50. The molecule has 4 nitrogen and oxygen atoms in total. The number of hydrogen-bond donors (Lipinski definition) is 2. The van der Waals surface area contributed by atoms with E-state index in [-0.39, 0.29) is 13.2 Å². The summed E-state index contributed by atoms with van der Waals surface area (Å²) in [5.74, 6) is 0. The highest BCUT2D eigenvalue weighted by molar-refractivity contribution is 4.68. The molecule has 72 valence electrons. The minimum absolute atomic E-state index is 0. The average molecular weight is 176 g/mol. The second kappa shape index (κ2) is 16.7. The van der Waals surface area contributed by atoms with Crippen LogP contribution in [0.5, 0.6) is 0 Å². The van der Waals surface area contributed by atoms with Gasteiger partial charge in [-0.25, -0.2) is 4.89 Å². The Morgan fingerprint density at radius 1 is 1.17 bits per heavy atom. The Hall–Kier alpha value is -0.680. The Balaban J connectivity index is 0. The van der Waals surface area contributed by atoms with E-state index in [0.29, 0.717) is 13.2 Å². The zero-order chi connectivity index (χ0) is 9.66. The van der Waals surface area contributed by atoms with Gasteiger partial charge in [-0.3, -0.25) is 5.26 Å². The molecule has 0 aliphatic rings. The molecule has 0 heterocycles. The molecule has 0 aromatic rings. The van der Waals surface area contributed by atoms with Gasteiger partial charge in [0.2, 0.25) is 0 Å². The van der Waals surface area contributed by atoms with Gasteiger partial charge in [-0.1, -0.05) is 12.2 Å². The Labute approximate surface area is 72.7 Å². The van der Waals surface area contributed by atoms with Crippen molar-refractivity contribution in [3.05, 3.63) is 25.3 Å². The van der Waals surface area contributed by atoms with Crippen LogP contribution in [-0.2, 0) is 9.62 Å². The molecule has 0 atom stereocenters. The van der Waals surface area contributed by atoms with Crippen LogP contribution in [0.2, 0.25) is 0 Å². The van der Waals surface area contributed by atoms with E-state index in [1.165, 1.54) is 0 Å². The summed E-state index contributed by atoms with van der Waals surface area (Å²) in [4.78, 5) is 3.44. The lowest BCUT2D eigenvalue weighted by molar-refractivity contribution is -0.246. The highest BCUT2D eigenvalue weighted by atomic mass is 17.1. The van der Waals surface area contributed by atoms with Crippen LogP contribution >= 0.6 is 0 Å². The fourth-order valence-electron chi connectivity index (χ4n) is 0.276. The maximum absolute atomic E-state index is 7.78. The molecule has 4 heteroatoms. The van der Waals surface area contributed by atoms with E-state index in [9.17, 15) is 0 Å². The minimum Gasteiger partial charge on any atom is -0.394 e. The van der Waals surface area contributed by atoms with Gasteiger partial charge in [0.25, 0.3) is 0 Å². The fourth-order valence-corrected chi connectivity index (χ4v) is 0.276. The SMILES string of the molecule is C=CCOCC=C.OCCOO. The lowest BCUT2D eigenvalue weighted by Gasteiger charge is -1.89. The van der Waals surface area contributed by atoms with Gasteiger partial charge in [-0.15, -0.1) is 13.2 Å². The van der Waals surface area contributed by atoms with Gasteiger partial charge in [0.15, 0.2) is 0 Å². The van der Waals surface area contributed by atoms with Crippen molar-refractivity contribution >= 4 is 0 Å². The van der Waals surface area contributed by atoms with Crippen molar-refractivity contribution in [3.63, 3.8) is 0 Å². The molecular weight excluding hydrogens is 160 g/mol. The van der Waals surface area contributed by atoms with Crippen LogP contribution in [-0.4, -0.2) is 36.8 Å². The van der Waals surface area contributed by atoms with Gasteiger partial charge in [-0.05, 0) is 0 Å². The molecule has 0 aromatic heterocycles. The molecule has 0 radical (unpaired) electrons. The number of aliphatic hydroxyl groups excluding tert-OH is 1. The molecule has 0 fully saturated rings. The van der Waals surface area contributed by atoms with Gasteiger partial charge in [0, 0.05) is 0 Å². The van der Waals surface area contributed by atoms with Gasteiger partial charge >= 0.3 is 0 Å². The molecule has 0 aliphatic heterocycles. The summed E-state index contributed by atoms with van der Waals surface area (Å²) in [6, 6.07) is 0. The first kappa shape index (κ1) is 13.9. The first-order chi connectivity index (χ1) is 5.83. The maximum atomic E-state index is 7.78. The first-order valence-electron chi connectivity index (χ1n) is 3.50. The van der Waals surface area contributed by atoms with Gasteiger partial charge in [-0.2, -0.15) is 0 Å². The number of hydrogen-bond acceptors (Lipinski definition) is 4. The average Bonchev–Trinajstić information content (AvgIpc) is 2.08. The molecule has 0 bridgehead atoms. The summed E-state index contributed by atoms with van der Waals surface area (Å²) in [5.41, 5.74) is 0. The topological polar surface area (TPSA) is 58.9 Å². The summed E-state index contributed by atoms with van der Waals surface area (Å²) >= 11 is 0. The van der Waals surface area contributed by atoms with Crippen LogP contribution in [0.3, 0.4) is 0 Å². The summed E-state index contributed by atoms with van der Waals surface area (Å²) < 4.78 is 4.90. The smallest absolute Gasteiger partial charge is 0.105 e. The molecule has 12 heavy (non-hydrogen) atoms. The van der Waals surface area contributed by atoms with Gasteiger partial charge < -0.3 is 9.84 Å². The van der Waals surface area contributed by atoms with Crippen LogP contribution in [0, 0.1) is 0 Å². The number of ether oxygens (including phenoxy) is 1. The van der Waals surface area contributed by atoms with Crippen LogP contribution < -0.4 is 0 Å². The van der Waals surface area contributed by atoms with Crippen LogP contribution in [0.25, 0.3) is 0 Å². The van der Waals surface area contributed by atoms with Crippen molar-refractivity contribution in [2.45, 2.75) is 0 Å². The summed E-state index contributed by atoms with van der Waals surface area (Å²) in [6.45, 7) is 8.05. The van der Waals surface area contributed by atoms with E-state index in [2.05, 4.69) is 18.0 Å². The quantitative estimate of drug-likeness (QED) is 0.272. The Morgan fingerprint density at radius 2 is 1.67 bits per heavy atom. The van der Waals surface area contributed by atoms with Crippen LogP contribution in [0.1, 0.15) is 0 Å². The molecule has 0 saturated heterocycles. The molecule has 0 aromatic carbocycles. The third-order valence-electron chi connectivity index (χ3n) is 0.654. The van der Waals surface area contributed by atoms with E-state index in [4.69, 9.17) is 15.1 Å². The van der Waals surface area contributed by atoms with Crippen molar-refractivity contribution in [2.75, 3.05) is 26.4 Å². The molecule has 2 N–H and O–H groups in total. The number of rotatable bonds is 6. The Morgan fingerprint density at radius 3 is 1.83 bits per heavy atom. The molecule has 0 unspecified atom stereocenters. The summed E-state index contributed by atoms with van der Waals surface area (Å²) in [7, 11) is 0. The van der Waals surface area contributed by atoms with Gasteiger partial charge in [0.05, 0.1) is 19.8 Å². The highest BCUT2D eigenvalue weighted by Gasteiger charge is 1.71. The van der Waals surface area contributed by atoms with E-state index < -0.39 is 0 Å². The largest absolute Gasteiger partial charge is 0.394 e. The van der Waals surface area contributed by atoms with E-state index >= 15 is 0 Å². The second-order valence-electron chi connectivity index (χ2n) is 1.67. The lowest BCUT2D eigenvalue weighted by Crippen LogP contribution is -1.92. The van der Waals surface area contributed by atoms with Crippen molar-refractivity contribution in [1.82, 2.24) is 0 Å². The molecule has 0 rings (SSSR count). The van der Waals surface area contributed by atoms with Crippen molar-refractivity contribution in [2.24, 2.45) is 0 Å². The van der Waals surface area contributed by atoms with Crippen molar-refractivity contribution in [1.29, 1.82) is 0 Å². The standard InChI is InChI=1S/C6H10O.C2H6O3/c1-3-5-7-6-4-2;3-1-2-5-4/h3-4H,1-2,5-6H2;3-4H,1-2H2. The molecule has 0 saturated carbocycles. The molecule has 0 amide bonds. The lowest BCUT2D eigenvalue weighted by atomic mass is 10.6. The third-order valence-corrected chi connectivity index (χ3v) is 0.654. The predicted molar refractivity (Wildman–Crippen MR) is 46.9 cm³/mol. The summed E-state index contributed by atoms with van der Waals surface area (Å²) in [6.07, 6.45) is 3.42. The minimum atomic E-state index is -0.128. The normalized spacial score (nSPS) is 8.17. The van der Waals surface area contributed by atoms with E-state index in [1.807, 2.05) is 0 Å². The molecular formula is C8H16O4. The van der Waals surface area contributed by atoms with Crippen LogP contribution in [0.15, 0.2) is 25.3 Å². The second-order valence-corrected chi connectivity index (χ2v) is 1.67. The van der Waals surface area contributed by atoms with E-state index in [1.54, 1.807) is 12.2 Å². The van der Waals surface area contributed by atoms with Gasteiger partial charge in [0.1, 0.15) is 6.61 Å². The van der Waals surface area contributed by atoms with Crippen molar-refractivity contribution < 1.29 is 20.0 Å². The Bertz CT molecular complexity index is 83.1. The predicted octanol–water partition coefficient (Wildman–Crippen LogP) is 0.843. The Kier molecular flexibility index (Phi) is 19.4. The van der Waals surface area contributed by atoms with E-state index in [0.717, 1.165) is 0 Å². The van der Waals surface area contributed by atoms with Crippen LogP contribution in [0.4, 0.5) is 0 Å². The summed E-state index contributed by atoms with van der Waals surface area (Å²) in [5, 5.41) is 15.2. The fraction of sp³-hybridized carbons (Fsp3) is 0.500.